The van der Waals surface area contributed by atoms with Crippen LogP contribution < -0.4 is 5.32 Å². The van der Waals surface area contributed by atoms with Gasteiger partial charge < -0.3 is 10.1 Å². The van der Waals surface area contributed by atoms with Gasteiger partial charge in [-0.25, -0.2) is 13.2 Å². The Morgan fingerprint density at radius 1 is 1.20 bits per heavy atom. The number of esters is 1. The van der Waals surface area contributed by atoms with Gasteiger partial charge in [0.1, 0.15) is 0 Å². The summed E-state index contributed by atoms with van der Waals surface area (Å²) in [5.74, 6) is -1.27. The smallest absolute Gasteiger partial charge is 0.340 e. The van der Waals surface area contributed by atoms with E-state index in [1.165, 1.54) is 32.4 Å². The molecule has 25 heavy (non-hydrogen) atoms. The zero-order chi connectivity index (χ0) is 18.4. The lowest BCUT2D eigenvalue weighted by Gasteiger charge is -2.24. The van der Waals surface area contributed by atoms with Crippen LogP contribution >= 0.6 is 0 Å². The Labute approximate surface area is 148 Å². The maximum absolute atomic E-state index is 12.4. The summed E-state index contributed by atoms with van der Waals surface area (Å²) in [7, 11) is -3.55. The molecular formula is C18H25NO5S. The molecule has 0 saturated heterocycles. The van der Waals surface area contributed by atoms with Crippen molar-refractivity contribution in [3.8, 4) is 0 Å². The second-order valence-corrected chi connectivity index (χ2v) is 8.54. The minimum absolute atomic E-state index is 0.0401. The zero-order valence-electron chi connectivity index (χ0n) is 14.7. The van der Waals surface area contributed by atoms with Crippen molar-refractivity contribution in [2.45, 2.75) is 63.0 Å². The van der Waals surface area contributed by atoms with Crippen molar-refractivity contribution < 1.29 is 22.7 Å². The fourth-order valence-electron chi connectivity index (χ4n) is 2.91. The SMILES string of the molecule is CCS(=O)(=O)c1ccccc1C(=O)O[C@H](C)C(=O)NC1CCCCC1. The minimum Gasteiger partial charge on any atom is -0.449 e. The second-order valence-electron chi connectivity index (χ2n) is 6.29. The average molecular weight is 367 g/mol. The first-order chi connectivity index (χ1) is 11.8. The first-order valence-corrected chi connectivity index (χ1v) is 10.3. The van der Waals surface area contributed by atoms with Gasteiger partial charge in [0.25, 0.3) is 5.91 Å². The van der Waals surface area contributed by atoms with Crippen LogP contribution in [0.5, 0.6) is 0 Å². The Hall–Kier alpha value is -1.89. The summed E-state index contributed by atoms with van der Waals surface area (Å²) in [6.45, 7) is 3.00. The topological polar surface area (TPSA) is 89.5 Å². The molecule has 0 radical (unpaired) electrons. The van der Waals surface area contributed by atoms with E-state index < -0.39 is 21.9 Å². The molecule has 0 heterocycles. The van der Waals surface area contributed by atoms with Crippen LogP contribution in [0.3, 0.4) is 0 Å². The third-order valence-electron chi connectivity index (χ3n) is 4.43. The summed E-state index contributed by atoms with van der Waals surface area (Å²) in [4.78, 5) is 24.5. The number of rotatable bonds is 6. The van der Waals surface area contributed by atoms with Crippen molar-refractivity contribution in [1.82, 2.24) is 5.32 Å². The summed E-state index contributed by atoms with van der Waals surface area (Å²) < 4.78 is 29.4. The first-order valence-electron chi connectivity index (χ1n) is 8.68. The number of amides is 1. The number of carbonyl (C=O) groups is 2. The number of carbonyl (C=O) groups excluding carboxylic acids is 2. The van der Waals surface area contributed by atoms with Crippen molar-refractivity contribution in [3.05, 3.63) is 29.8 Å². The van der Waals surface area contributed by atoms with Crippen molar-refractivity contribution in [1.29, 1.82) is 0 Å². The van der Waals surface area contributed by atoms with Crippen molar-refractivity contribution in [2.75, 3.05) is 5.75 Å². The normalized spacial score (nSPS) is 16.9. The van der Waals surface area contributed by atoms with Crippen molar-refractivity contribution >= 4 is 21.7 Å². The van der Waals surface area contributed by atoms with Gasteiger partial charge in [-0.3, -0.25) is 4.79 Å². The monoisotopic (exact) mass is 367 g/mol. The molecule has 1 atom stereocenters. The summed E-state index contributed by atoms with van der Waals surface area (Å²) in [6, 6.07) is 6.02. The van der Waals surface area contributed by atoms with Crippen molar-refractivity contribution in [3.63, 3.8) is 0 Å². The molecule has 1 aromatic rings. The molecule has 0 unspecified atom stereocenters. The van der Waals surface area contributed by atoms with Crippen LogP contribution in [0.1, 0.15) is 56.3 Å². The third kappa shape index (κ3) is 5.04. The molecule has 0 spiro atoms. The van der Waals surface area contributed by atoms with E-state index >= 15 is 0 Å². The zero-order valence-corrected chi connectivity index (χ0v) is 15.5. The molecular weight excluding hydrogens is 342 g/mol. The van der Waals surface area contributed by atoms with Gasteiger partial charge in [-0.1, -0.05) is 38.3 Å². The Morgan fingerprint density at radius 2 is 1.84 bits per heavy atom. The number of ether oxygens (including phenoxy) is 1. The van der Waals surface area contributed by atoms with E-state index in [1.807, 2.05) is 0 Å². The Balaban J connectivity index is 2.05. The fourth-order valence-corrected chi connectivity index (χ4v) is 3.99. The number of sulfone groups is 1. The lowest BCUT2D eigenvalue weighted by molar-refractivity contribution is -0.130. The van der Waals surface area contributed by atoms with E-state index in [0.29, 0.717) is 0 Å². The van der Waals surface area contributed by atoms with E-state index in [1.54, 1.807) is 12.1 Å². The highest BCUT2D eigenvalue weighted by Gasteiger charge is 2.26. The summed E-state index contributed by atoms with van der Waals surface area (Å²) in [5.41, 5.74) is -0.0401. The third-order valence-corrected chi connectivity index (χ3v) is 6.21. The maximum atomic E-state index is 12.4. The van der Waals surface area contributed by atoms with E-state index in [4.69, 9.17) is 4.74 Å². The van der Waals surface area contributed by atoms with Crippen LogP contribution in [-0.2, 0) is 19.4 Å². The molecule has 1 saturated carbocycles. The van der Waals surface area contributed by atoms with Gasteiger partial charge in [0.2, 0.25) is 0 Å². The van der Waals surface area contributed by atoms with Gasteiger partial charge >= 0.3 is 5.97 Å². The van der Waals surface area contributed by atoms with Gasteiger partial charge in [-0.15, -0.1) is 0 Å². The average Bonchev–Trinajstić information content (AvgIpc) is 2.62. The van der Waals surface area contributed by atoms with E-state index in [9.17, 15) is 18.0 Å². The number of hydrogen-bond acceptors (Lipinski definition) is 5. The summed E-state index contributed by atoms with van der Waals surface area (Å²) in [5, 5.41) is 2.90. The van der Waals surface area contributed by atoms with Crippen LogP contribution in [0.15, 0.2) is 29.2 Å². The van der Waals surface area contributed by atoms with Crippen LogP contribution in [0, 0.1) is 0 Å². The van der Waals surface area contributed by atoms with Crippen LogP contribution in [0.4, 0.5) is 0 Å². The molecule has 0 aromatic heterocycles. The predicted octanol–water partition coefficient (Wildman–Crippen LogP) is 2.47. The van der Waals surface area contributed by atoms with Crippen LogP contribution in [-0.4, -0.2) is 38.2 Å². The standard InChI is InChI=1S/C18H25NO5S/c1-3-25(22,23)16-12-8-7-11-15(16)18(21)24-13(2)17(20)19-14-9-5-4-6-10-14/h7-8,11-14H,3-6,9-10H2,1-2H3,(H,19,20)/t13-/m1/s1. The molecule has 1 aliphatic carbocycles. The molecule has 1 N–H and O–H groups in total. The fraction of sp³-hybridized carbons (Fsp3) is 0.556. The van der Waals surface area contributed by atoms with Gasteiger partial charge in [0.05, 0.1) is 16.2 Å². The molecule has 138 valence electrons. The molecule has 1 aromatic carbocycles. The van der Waals surface area contributed by atoms with Gasteiger partial charge in [0.15, 0.2) is 15.9 Å². The summed E-state index contributed by atoms with van der Waals surface area (Å²) >= 11 is 0. The Kier molecular flexibility index (Phi) is 6.58. The number of benzene rings is 1. The minimum atomic E-state index is -3.55. The quantitative estimate of drug-likeness (QED) is 0.780. The highest BCUT2D eigenvalue weighted by molar-refractivity contribution is 7.91. The molecule has 6 nitrogen and oxygen atoms in total. The lowest BCUT2D eigenvalue weighted by Crippen LogP contribution is -2.42. The van der Waals surface area contributed by atoms with Gasteiger partial charge in [-0.05, 0) is 31.9 Å². The van der Waals surface area contributed by atoms with Crippen LogP contribution in [0.25, 0.3) is 0 Å². The second kappa shape index (κ2) is 8.47. The molecule has 7 heteroatoms. The Morgan fingerprint density at radius 3 is 2.48 bits per heavy atom. The maximum Gasteiger partial charge on any atom is 0.340 e. The molecule has 2 rings (SSSR count). The molecule has 0 bridgehead atoms. The molecule has 0 aliphatic heterocycles. The van der Waals surface area contributed by atoms with E-state index in [-0.39, 0.29) is 28.2 Å². The Bertz CT molecular complexity index is 723. The predicted molar refractivity (Wildman–Crippen MR) is 94.1 cm³/mol. The summed E-state index contributed by atoms with van der Waals surface area (Å²) in [6.07, 6.45) is 4.24. The number of nitrogens with one attached hydrogen (secondary N) is 1. The molecule has 1 aliphatic rings. The van der Waals surface area contributed by atoms with E-state index in [0.717, 1.165) is 25.7 Å². The van der Waals surface area contributed by atoms with Crippen LogP contribution in [0.2, 0.25) is 0 Å². The van der Waals surface area contributed by atoms with E-state index in [2.05, 4.69) is 5.32 Å². The first kappa shape index (κ1) is 19.4. The van der Waals surface area contributed by atoms with Gasteiger partial charge in [0, 0.05) is 6.04 Å². The largest absolute Gasteiger partial charge is 0.449 e. The molecule has 1 fully saturated rings. The molecule has 1 amide bonds. The highest BCUT2D eigenvalue weighted by atomic mass is 32.2. The number of hydrogen-bond donors (Lipinski definition) is 1. The lowest BCUT2D eigenvalue weighted by atomic mass is 9.95. The van der Waals surface area contributed by atoms with Gasteiger partial charge in [-0.2, -0.15) is 0 Å². The van der Waals surface area contributed by atoms with Crippen molar-refractivity contribution in [2.24, 2.45) is 0 Å². The highest BCUT2D eigenvalue weighted by Crippen LogP contribution is 2.20.